The molecule has 6 heteroatoms. The Morgan fingerprint density at radius 2 is 2.29 bits per heavy atom. The van der Waals surface area contributed by atoms with Crippen molar-refractivity contribution in [3.63, 3.8) is 0 Å². The molecule has 1 aromatic carbocycles. The van der Waals surface area contributed by atoms with Gasteiger partial charge < -0.3 is 10.4 Å². The van der Waals surface area contributed by atoms with E-state index in [4.69, 9.17) is 16.7 Å². The van der Waals surface area contributed by atoms with E-state index in [9.17, 15) is 4.79 Å². The number of hydrogen-bond donors (Lipinski definition) is 2. The molecule has 0 spiro atoms. The zero-order valence-electron chi connectivity index (χ0n) is 8.90. The van der Waals surface area contributed by atoms with Crippen LogP contribution in [0.3, 0.4) is 0 Å². The predicted molar refractivity (Wildman–Crippen MR) is 68.5 cm³/mol. The molecule has 88 valence electrons. The quantitative estimate of drug-likeness (QED) is 0.894. The number of hydrogen-bond acceptors (Lipinski definition) is 4. The van der Waals surface area contributed by atoms with Crippen LogP contribution in [-0.2, 0) is 0 Å². The number of anilines is 2. The molecule has 0 atom stereocenters. The Bertz CT molecular complexity index is 568. The summed E-state index contributed by atoms with van der Waals surface area (Å²) < 4.78 is 0. The number of aryl methyl sites for hydroxylation is 1. The van der Waals surface area contributed by atoms with Crippen LogP contribution in [0.15, 0.2) is 24.4 Å². The monoisotopic (exact) mass is 268 g/mol. The van der Waals surface area contributed by atoms with Crippen LogP contribution in [0.2, 0.25) is 5.02 Å². The van der Waals surface area contributed by atoms with Crippen LogP contribution < -0.4 is 5.32 Å². The number of carboxylic acid groups (broad SMARTS) is 1. The van der Waals surface area contributed by atoms with Crippen LogP contribution in [0.1, 0.15) is 15.2 Å². The highest BCUT2D eigenvalue weighted by molar-refractivity contribution is 7.17. The smallest absolute Gasteiger partial charge is 0.347 e. The van der Waals surface area contributed by atoms with Crippen molar-refractivity contribution in [1.82, 2.24) is 4.98 Å². The maximum Gasteiger partial charge on any atom is 0.347 e. The van der Waals surface area contributed by atoms with Gasteiger partial charge in [-0.3, -0.25) is 0 Å². The number of thiazole rings is 1. The fourth-order valence-corrected chi connectivity index (χ4v) is 2.21. The Balaban J connectivity index is 2.22. The maximum atomic E-state index is 10.7. The zero-order chi connectivity index (χ0) is 12.4. The molecule has 2 rings (SSSR count). The van der Waals surface area contributed by atoms with E-state index in [1.807, 2.05) is 19.1 Å². The van der Waals surface area contributed by atoms with Crippen LogP contribution in [0, 0.1) is 6.92 Å². The van der Waals surface area contributed by atoms with Crippen molar-refractivity contribution in [3.8, 4) is 0 Å². The van der Waals surface area contributed by atoms with Gasteiger partial charge in [0.1, 0.15) is 4.88 Å². The third-order valence-corrected chi connectivity index (χ3v) is 3.28. The fourth-order valence-electron chi connectivity index (χ4n) is 1.31. The van der Waals surface area contributed by atoms with E-state index in [-0.39, 0.29) is 4.88 Å². The fraction of sp³-hybridized carbons (Fsp3) is 0.0909. The van der Waals surface area contributed by atoms with Gasteiger partial charge in [0.25, 0.3) is 0 Å². The number of benzene rings is 1. The molecule has 1 heterocycles. The minimum Gasteiger partial charge on any atom is -0.477 e. The zero-order valence-corrected chi connectivity index (χ0v) is 10.5. The van der Waals surface area contributed by atoms with Crippen molar-refractivity contribution in [3.05, 3.63) is 39.9 Å². The molecule has 17 heavy (non-hydrogen) atoms. The van der Waals surface area contributed by atoms with Gasteiger partial charge in [0.15, 0.2) is 5.13 Å². The van der Waals surface area contributed by atoms with Crippen LogP contribution in [0.4, 0.5) is 10.8 Å². The summed E-state index contributed by atoms with van der Waals surface area (Å²) in [5, 5.41) is 13.1. The summed E-state index contributed by atoms with van der Waals surface area (Å²) in [6.07, 6.45) is 1.33. The van der Waals surface area contributed by atoms with Crippen molar-refractivity contribution >= 4 is 39.7 Å². The summed E-state index contributed by atoms with van der Waals surface area (Å²) in [4.78, 5) is 14.9. The Morgan fingerprint density at radius 3 is 2.88 bits per heavy atom. The average molecular weight is 269 g/mol. The summed E-state index contributed by atoms with van der Waals surface area (Å²) in [5.41, 5.74) is 1.84. The van der Waals surface area contributed by atoms with Crippen molar-refractivity contribution in [2.45, 2.75) is 6.92 Å². The molecule has 2 N–H and O–H groups in total. The van der Waals surface area contributed by atoms with E-state index in [1.165, 1.54) is 6.20 Å². The van der Waals surface area contributed by atoms with Gasteiger partial charge in [0.05, 0.1) is 6.20 Å². The topological polar surface area (TPSA) is 62.2 Å². The van der Waals surface area contributed by atoms with Crippen LogP contribution in [0.5, 0.6) is 0 Å². The average Bonchev–Trinajstić information content (AvgIpc) is 2.71. The van der Waals surface area contributed by atoms with Crippen molar-refractivity contribution in [2.75, 3.05) is 5.32 Å². The van der Waals surface area contributed by atoms with Crippen LogP contribution >= 0.6 is 22.9 Å². The van der Waals surface area contributed by atoms with Gasteiger partial charge >= 0.3 is 5.97 Å². The minimum atomic E-state index is -0.969. The molecule has 0 unspecified atom stereocenters. The van der Waals surface area contributed by atoms with Crippen LogP contribution in [0.25, 0.3) is 0 Å². The van der Waals surface area contributed by atoms with Gasteiger partial charge in [-0.1, -0.05) is 22.9 Å². The molecule has 0 saturated heterocycles. The molecule has 0 aliphatic carbocycles. The summed E-state index contributed by atoms with van der Waals surface area (Å²) in [6.45, 7) is 1.92. The Hall–Kier alpha value is -1.59. The minimum absolute atomic E-state index is 0.208. The maximum absolute atomic E-state index is 10.7. The molecule has 0 aliphatic rings. The predicted octanol–water partition coefficient (Wildman–Crippen LogP) is 3.55. The molecule has 1 aromatic heterocycles. The number of carboxylic acids is 1. The number of aromatic carboxylic acids is 1. The number of rotatable bonds is 3. The number of carbonyl (C=O) groups is 1. The molecule has 0 aliphatic heterocycles. The lowest BCUT2D eigenvalue weighted by atomic mass is 10.2. The lowest BCUT2D eigenvalue weighted by Crippen LogP contribution is -1.91. The molecule has 0 fully saturated rings. The number of aromatic nitrogens is 1. The Morgan fingerprint density at radius 1 is 1.53 bits per heavy atom. The SMILES string of the molecule is Cc1cc(Cl)ccc1Nc1ncc(C(=O)O)s1. The normalized spacial score (nSPS) is 10.2. The second kappa shape index (κ2) is 4.73. The molecule has 2 aromatic rings. The highest BCUT2D eigenvalue weighted by atomic mass is 35.5. The van der Waals surface area contributed by atoms with E-state index in [0.29, 0.717) is 10.2 Å². The summed E-state index contributed by atoms with van der Waals surface area (Å²) >= 11 is 6.94. The highest BCUT2D eigenvalue weighted by Crippen LogP contribution is 2.26. The molecule has 0 radical (unpaired) electrons. The van der Waals surface area contributed by atoms with Gasteiger partial charge in [-0.15, -0.1) is 0 Å². The summed E-state index contributed by atoms with van der Waals surface area (Å²) in [7, 11) is 0. The Kier molecular flexibility index (Phi) is 3.31. The van der Waals surface area contributed by atoms with Gasteiger partial charge in [-0.25, -0.2) is 9.78 Å². The number of nitrogens with one attached hydrogen (secondary N) is 1. The van der Waals surface area contributed by atoms with Crippen molar-refractivity contribution in [1.29, 1.82) is 0 Å². The van der Waals surface area contributed by atoms with Gasteiger partial charge in [0.2, 0.25) is 0 Å². The largest absolute Gasteiger partial charge is 0.477 e. The van der Waals surface area contributed by atoms with Crippen molar-refractivity contribution in [2.24, 2.45) is 0 Å². The van der Waals surface area contributed by atoms with E-state index >= 15 is 0 Å². The lowest BCUT2D eigenvalue weighted by molar-refractivity contribution is 0.0702. The van der Waals surface area contributed by atoms with Gasteiger partial charge in [0, 0.05) is 10.7 Å². The van der Waals surface area contributed by atoms with E-state index in [0.717, 1.165) is 22.6 Å². The van der Waals surface area contributed by atoms with E-state index < -0.39 is 5.97 Å². The first kappa shape index (κ1) is 11.9. The Labute approximate surface area is 107 Å². The molecule has 0 saturated carbocycles. The van der Waals surface area contributed by atoms with Crippen molar-refractivity contribution < 1.29 is 9.90 Å². The van der Waals surface area contributed by atoms with Crippen LogP contribution in [-0.4, -0.2) is 16.1 Å². The first-order valence-electron chi connectivity index (χ1n) is 4.78. The van der Waals surface area contributed by atoms with E-state index in [2.05, 4.69) is 10.3 Å². The molecule has 0 bridgehead atoms. The molecular formula is C11H9ClN2O2S. The van der Waals surface area contributed by atoms with E-state index in [1.54, 1.807) is 6.07 Å². The van der Waals surface area contributed by atoms with Gasteiger partial charge in [-0.05, 0) is 30.7 Å². The molecule has 0 amide bonds. The standard InChI is InChI=1S/C11H9ClN2O2S/c1-6-4-7(12)2-3-8(6)14-11-13-5-9(17-11)10(15)16/h2-5H,1H3,(H,13,14)(H,15,16). The first-order chi connectivity index (χ1) is 8.06. The summed E-state index contributed by atoms with van der Waals surface area (Å²) in [6, 6.07) is 5.43. The van der Waals surface area contributed by atoms with Gasteiger partial charge in [-0.2, -0.15) is 0 Å². The first-order valence-corrected chi connectivity index (χ1v) is 5.98. The second-order valence-electron chi connectivity index (χ2n) is 3.42. The summed E-state index contributed by atoms with van der Waals surface area (Å²) in [5.74, 6) is -0.969. The molecular weight excluding hydrogens is 260 g/mol. The third-order valence-electron chi connectivity index (χ3n) is 2.15. The third kappa shape index (κ3) is 2.75. The lowest BCUT2D eigenvalue weighted by Gasteiger charge is -2.06. The number of halogens is 1. The molecule has 4 nitrogen and oxygen atoms in total. The second-order valence-corrected chi connectivity index (χ2v) is 4.89. The number of nitrogens with zero attached hydrogens (tertiary/aromatic N) is 1. The highest BCUT2D eigenvalue weighted by Gasteiger charge is 2.09.